The van der Waals surface area contributed by atoms with Gasteiger partial charge >= 0.3 is 0 Å². The van der Waals surface area contributed by atoms with E-state index in [1.54, 1.807) is 12.1 Å². The normalized spacial score (nSPS) is 12.2. The van der Waals surface area contributed by atoms with E-state index in [1.165, 1.54) is 11.3 Å². The lowest BCUT2D eigenvalue weighted by Gasteiger charge is -2.18. The molecule has 4 N–H and O–H groups in total. The van der Waals surface area contributed by atoms with Crippen LogP contribution in [0.4, 0.5) is 0 Å². The summed E-state index contributed by atoms with van der Waals surface area (Å²) >= 11 is 1.35. The van der Waals surface area contributed by atoms with Gasteiger partial charge in [0, 0.05) is 12.6 Å². The highest BCUT2D eigenvalue weighted by Crippen LogP contribution is 2.07. The number of carbonyl (C=O) groups is 2. The minimum absolute atomic E-state index is 0.0225. The van der Waals surface area contributed by atoms with Crippen molar-refractivity contribution >= 4 is 23.2 Å². The molecule has 106 valence electrons. The van der Waals surface area contributed by atoms with Gasteiger partial charge in [-0.3, -0.25) is 9.59 Å². The zero-order valence-electron chi connectivity index (χ0n) is 11.3. The molecule has 1 aromatic rings. The summed E-state index contributed by atoms with van der Waals surface area (Å²) in [5.74, 6) is 0.0360. The van der Waals surface area contributed by atoms with E-state index in [0.29, 0.717) is 17.3 Å². The van der Waals surface area contributed by atoms with Gasteiger partial charge in [-0.25, -0.2) is 0 Å². The first kappa shape index (κ1) is 15.7. The molecule has 6 heteroatoms. The third kappa shape index (κ3) is 5.85. The number of hydrogen-bond acceptors (Lipinski definition) is 4. The standard InChI is InChI=1S/C13H21N3O2S/c1-9(2)6-10(7-14)16-12(17)8-15-13(18)11-4-3-5-19-11/h3-5,9-10H,6-8,14H2,1-2H3,(H,15,18)(H,16,17). The minimum Gasteiger partial charge on any atom is -0.351 e. The maximum absolute atomic E-state index is 11.7. The van der Waals surface area contributed by atoms with Crippen molar-refractivity contribution in [2.75, 3.05) is 13.1 Å². The third-order valence-corrected chi connectivity index (χ3v) is 3.43. The highest BCUT2D eigenvalue weighted by atomic mass is 32.1. The smallest absolute Gasteiger partial charge is 0.261 e. The molecule has 0 saturated carbocycles. The van der Waals surface area contributed by atoms with Crippen LogP contribution in [0, 0.1) is 5.92 Å². The lowest BCUT2D eigenvalue weighted by molar-refractivity contribution is -0.120. The predicted molar refractivity (Wildman–Crippen MR) is 77.1 cm³/mol. The van der Waals surface area contributed by atoms with Crippen LogP contribution in [0.15, 0.2) is 17.5 Å². The fourth-order valence-electron chi connectivity index (χ4n) is 1.72. The molecule has 5 nitrogen and oxygen atoms in total. The SMILES string of the molecule is CC(C)CC(CN)NC(=O)CNC(=O)c1cccs1. The molecule has 0 saturated heterocycles. The van der Waals surface area contributed by atoms with Crippen LogP contribution in [0.5, 0.6) is 0 Å². The van der Waals surface area contributed by atoms with Crippen LogP contribution in [0.3, 0.4) is 0 Å². The summed E-state index contributed by atoms with van der Waals surface area (Å²) < 4.78 is 0. The monoisotopic (exact) mass is 283 g/mol. The van der Waals surface area contributed by atoms with Crippen molar-refractivity contribution in [3.05, 3.63) is 22.4 Å². The molecule has 1 heterocycles. The molecule has 1 aromatic heterocycles. The van der Waals surface area contributed by atoms with Crippen LogP contribution in [0.25, 0.3) is 0 Å². The molecule has 0 aliphatic rings. The van der Waals surface area contributed by atoms with E-state index in [9.17, 15) is 9.59 Å². The topological polar surface area (TPSA) is 84.2 Å². The third-order valence-electron chi connectivity index (χ3n) is 2.56. The number of rotatable bonds is 7. The second-order valence-corrected chi connectivity index (χ2v) is 5.74. The molecular weight excluding hydrogens is 262 g/mol. The lowest BCUT2D eigenvalue weighted by Crippen LogP contribution is -2.45. The Hall–Kier alpha value is -1.40. The average Bonchev–Trinajstić information content (AvgIpc) is 2.88. The van der Waals surface area contributed by atoms with Crippen molar-refractivity contribution in [2.45, 2.75) is 26.3 Å². The molecule has 19 heavy (non-hydrogen) atoms. The van der Waals surface area contributed by atoms with Crippen LogP contribution in [-0.2, 0) is 4.79 Å². The summed E-state index contributed by atoms with van der Waals surface area (Å²) in [5.41, 5.74) is 5.60. The maximum Gasteiger partial charge on any atom is 0.261 e. The average molecular weight is 283 g/mol. The number of thiophene rings is 1. The molecule has 1 unspecified atom stereocenters. The fraction of sp³-hybridized carbons (Fsp3) is 0.538. The summed E-state index contributed by atoms with van der Waals surface area (Å²) in [6, 6.07) is 3.48. The molecule has 1 rings (SSSR count). The zero-order valence-corrected chi connectivity index (χ0v) is 12.1. The molecule has 0 bridgehead atoms. The van der Waals surface area contributed by atoms with Gasteiger partial charge in [0.15, 0.2) is 0 Å². The second-order valence-electron chi connectivity index (χ2n) is 4.79. The summed E-state index contributed by atoms with van der Waals surface area (Å²) in [7, 11) is 0. The molecule has 0 aromatic carbocycles. The summed E-state index contributed by atoms with van der Waals surface area (Å²) in [6.07, 6.45) is 0.834. The summed E-state index contributed by atoms with van der Waals surface area (Å²) in [6.45, 7) is 4.54. The van der Waals surface area contributed by atoms with Gasteiger partial charge < -0.3 is 16.4 Å². The van der Waals surface area contributed by atoms with E-state index < -0.39 is 0 Å². The quantitative estimate of drug-likeness (QED) is 0.697. The van der Waals surface area contributed by atoms with Crippen molar-refractivity contribution in [3.63, 3.8) is 0 Å². The van der Waals surface area contributed by atoms with Gasteiger partial charge in [0.2, 0.25) is 5.91 Å². The van der Waals surface area contributed by atoms with Gasteiger partial charge in [-0.05, 0) is 23.8 Å². The van der Waals surface area contributed by atoms with E-state index in [4.69, 9.17) is 5.73 Å². The summed E-state index contributed by atoms with van der Waals surface area (Å²) in [5, 5.41) is 7.23. The number of nitrogens with one attached hydrogen (secondary N) is 2. The Bertz CT molecular complexity index is 404. The second kappa shape index (κ2) is 7.91. The van der Waals surface area contributed by atoms with Crippen molar-refractivity contribution in [1.29, 1.82) is 0 Å². The van der Waals surface area contributed by atoms with Crippen LogP contribution < -0.4 is 16.4 Å². The molecule has 0 spiro atoms. The van der Waals surface area contributed by atoms with Gasteiger partial charge in [0.05, 0.1) is 11.4 Å². The molecule has 0 aliphatic heterocycles. The van der Waals surface area contributed by atoms with Gasteiger partial charge in [-0.15, -0.1) is 11.3 Å². The van der Waals surface area contributed by atoms with Crippen LogP contribution in [-0.4, -0.2) is 30.9 Å². The van der Waals surface area contributed by atoms with Gasteiger partial charge in [0.25, 0.3) is 5.91 Å². The Labute approximate surface area is 117 Å². The van der Waals surface area contributed by atoms with Crippen LogP contribution in [0.1, 0.15) is 29.9 Å². The first-order valence-electron chi connectivity index (χ1n) is 6.34. The Kier molecular flexibility index (Phi) is 6.52. The lowest BCUT2D eigenvalue weighted by atomic mass is 10.0. The Morgan fingerprint density at radius 3 is 2.68 bits per heavy atom. The number of nitrogens with two attached hydrogens (primary N) is 1. The van der Waals surface area contributed by atoms with Crippen LogP contribution >= 0.6 is 11.3 Å². The highest BCUT2D eigenvalue weighted by molar-refractivity contribution is 7.12. The van der Waals surface area contributed by atoms with E-state index >= 15 is 0 Å². The fourth-order valence-corrected chi connectivity index (χ4v) is 2.36. The Balaban J connectivity index is 2.32. The highest BCUT2D eigenvalue weighted by Gasteiger charge is 2.13. The molecule has 1 atom stereocenters. The number of hydrogen-bond donors (Lipinski definition) is 3. The zero-order chi connectivity index (χ0) is 14.3. The van der Waals surface area contributed by atoms with Crippen molar-refractivity contribution in [1.82, 2.24) is 10.6 Å². The van der Waals surface area contributed by atoms with E-state index in [-0.39, 0.29) is 24.4 Å². The molecule has 0 radical (unpaired) electrons. The van der Waals surface area contributed by atoms with E-state index in [1.807, 2.05) is 5.38 Å². The number of carbonyl (C=O) groups excluding carboxylic acids is 2. The minimum atomic E-state index is -0.224. The largest absolute Gasteiger partial charge is 0.351 e. The van der Waals surface area contributed by atoms with Crippen molar-refractivity contribution < 1.29 is 9.59 Å². The maximum atomic E-state index is 11.7. The van der Waals surface area contributed by atoms with Crippen molar-refractivity contribution in [2.24, 2.45) is 11.7 Å². The summed E-state index contributed by atoms with van der Waals surface area (Å²) in [4.78, 5) is 23.9. The van der Waals surface area contributed by atoms with Gasteiger partial charge in [0.1, 0.15) is 0 Å². The molecular formula is C13H21N3O2S. The Morgan fingerprint density at radius 2 is 2.16 bits per heavy atom. The molecule has 0 aliphatic carbocycles. The number of amides is 2. The predicted octanol–water partition coefficient (Wildman–Crippen LogP) is 0.968. The molecule has 2 amide bonds. The molecule has 0 fully saturated rings. The van der Waals surface area contributed by atoms with Crippen molar-refractivity contribution in [3.8, 4) is 0 Å². The Morgan fingerprint density at radius 1 is 1.42 bits per heavy atom. The first-order valence-corrected chi connectivity index (χ1v) is 7.22. The van der Waals surface area contributed by atoms with E-state index in [0.717, 1.165) is 6.42 Å². The van der Waals surface area contributed by atoms with Gasteiger partial charge in [-0.1, -0.05) is 19.9 Å². The first-order chi connectivity index (χ1) is 9.02. The van der Waals surface area contributed by atoms with Gasteiger partial charge in [-0.2, -0.15) is 0 Å². The van der Waals surface area contributed by atoms with E-state index in [2.05, 4.69) is 24.5 Å². The van der Waals surface area contributed by atoms with Crippen LogP contribution in [0.2, 0.25) is 0 Å².